The molecule has 0 saturated heterocycles. The van der Waals surface area contributed by atoms with Crippen molar-refractivity contribution in [2.75, 3.05) is 0 Å². The van der Waals surface area contributed by atoms with Crippen molar-refractivity contribution < 1.29 is 4.39 Å². The summed E-state index contributed by atoms with van der Waals surface area (Å²) in [5, 5.41) is 8.29. The number of rotatable bonds is 2. The van der Waals surface area contributed by atoms with E-state index >= 15 is 0 Å². The standard InChI is InChI=1S/C9H9FN4S/c1-2-14-8(12-13-9(14)15)6-3-4-11-7(10)5-6/h3-5H,2H2,1H3,(H,13,15). The van der Waals surface area contributed by atoms with Crippen LogP contribution in [0.1, 0.15) is 6.92 Å². The molecule has 0 aromatic carbocycles. The number of nitrogens with zero attached hydrogens (tertiary/aromatic N) is 4. The first kappa shape index (κ1) is 10.1. The molecule has 0 radical (unpaired) electrons. The van der Waals surface area contributed by atoms with Crippen LogP contribution >= 0.6 is 12.6 Å². The average molecular weight is 224 g/mol. The molecule has 6 heteroatoms. The Labute approximate surface area is 91.6 Å². The van der Waals surface area contributed by atoms with Gasteiger partial charge in [-0.3, -0.25) is 0 Å². The molecule has 0 atom stereocenters. The highest BCUT2D eigenvalue weighted by molar-refractivity contribution is 7.80. The normalized spacial score (nSPS) is 10.6. The molecule has 4 nitrogen and oxygen atoms in total. The van der Waals surface area contributed by atoms with Gasteiger partial charge >= 0.3 is 0 Å². The van der Waals surface area contributed by atoms with E-state index in [0.717, 1.165) is 0 Å². The molecule has 0 N–H and O–H groups in total. The molecule has 0 saturated carbocycles. The van der Waals surface area contributed by atoms with Crippen molar-refractivity contribution in [2.24, 2.45) is 0 Å². The highest BCUT2D eigenvalue weighted by atomic mass is 32.1. The van der Waals surface area contributed by atoms with Crippen molar-refractivity contribution in [2.45, 2.75) is 18.6 Å². The van der Waals surface area contributed by atoms with E-state index in [9.17, 15) is 4.39 Å². The van der Waals surface area contributed by atoms with Gasteiger partial charge in [0.15, 0.2) is 11.0 Å². The predicted octanol–water partition coefficient (Wildman–Crippen LogP) is 1.79. The van der Waals surface area contributed by atoms with Crippen molar-refractivity contribution in [3.63, 3.8) is 0 Å². The first-order valence-corrected chi connectivity index (χ1v) is 4.91. The minimum atomic E-state index is -0.529. The molecule has 15 heavy (non-hydrogen) atoms. The molecule has 0 aliphatic rings. The number of pyridine rings is 1. The largest absolute Gasteiger partial charge is 0.303 e. The molecular weight excluding hydrogens is 215 g/mol. The van der Waals surface area contributed by atoms with Crippen molar-refractivity contribution in [3.8, 4) is 11.4 Å². The second-order valence-corrected chi connectivity index (χ2v) is 3.34. The molecule has 2 rings (SSSR count). The van der Waals surface area contributed by atoms with E-state index in [-0.39, 0.29) is 0 Å². The Bertz CT molecular complexity index is 483. The lowest BCUT2D eigenvalue weighted by atomic mass is 10.2. The van der Waals surface area contributed by atoms with Crippen molar-refractivity contribution in [1.29, 1.82) is 0 Å². The van der Waals surface area contributed by atoms with Crippen LogP contribution in [0.25, 0.3) is 11.4 Å². The summed E-state index contributed by atoms with van der Waals surface area (Å²) in [6.07, 6.45) is 1.40. The van der Waals surface area contributed by atoms with E-state index in [0.29, 0.717) is 23.1 Å². The SMILES string of the molecule is CCn1c(S)nnc1-c1ccnc(F)c1. The van der Waals surface area contributed by atoms with E-state index in [1.54, 1.807) is 10.6 Å². The Hall–Kier alpha value is -1.43. The summed E-state index contributed by atoms with van der Waals surface area (Å²) in [4.78, 5) is 3.48. The molecule has 2 aromatic heterocycles. The predicted molar refractivity (Wildman–Crippen MR) is 56.1 cm³/mol. The Balaban J connectivity index is 2.54. The summed E-state index contributed by atoms with van der Waals surface area (Å²) in [5.74, 6) is 0.0719. The Morgan fingerprint density at radius 2 is 2.27 bits per heavy atom. The van der Waals surface area contributed by atoms with E-state index in [1.807, 2.05) is 6.92 Å². The highest BCUT2D eigenvalue weighted by Crippen LogP contribution is 2.19. The van der Waals surface area contributed by atoms with Gasteiger partial charge in [0, 0.05) is 24.4 Å². The van der Waals surface area contributed by atoms with Crippen LogP contribution in [-0.2, 0) is 6.54 Å². The fraction of sp³-hybridized carbons (Fsp3) is 0.222. The van der Waals surface area contributed by atoms with Gasteiger partial charge in [-0.1, -0.05) is 0 Å². The van der Waals surface area contributed by atoms with Gasteiger partial charge in [-0.2, -0.15) is 4.39 Å². The summed E-state index contributed by atoms with van der Waals surface area (Å²) in [7, 11) is 0. The van der Waals surface area contributed by atoms with Crippen molar-refractivity contribution in [1.82, 2.24) is 19.7 Å². The van der Waals surface area contributed by atoms with Gasteiger partial charge in [0.1, 0.15) is 0 Å². The van der Waals surface area contributed by atoms with Crippen LogP contribution in [0.4, 0.5) is 4.39 Å². The lowest BCUT2D eigenvalue weighted by Crippen LogP contribution is -1.98. The molecule has 0 spiro atoms. The average Bonchev–Trinajstić information content (AvgIpc) is 2.59. The highest BCUT2D eigenvalue weighted by Gasteiger charge is 2.10. The third-order valence-electron chi connectivity index (χ3n) is 2.03. The van der Waals surface area contributed by atoms with Gasteiger partial charge < -0.3 is 4.57 Å². The van der Waals surface area contributed by atoms with Crippen LogP contribution in [0.15, 0.2) is 23.5 Å². The van der Waals surface area contributed by atoms with Crippen LogP contribution in [0.5, 0.6) is 0 Å². The summed E-state index contributed by atoms with van der Waals surface area (Å²) in [6.45, 7) is 2.63. The minimum absolute atomic E-state index is 0.518. The summed E-state index contributed by atoms with van der Waals surface area (Å²) >= 11 is 4.15. The molecule has 0 bridgehead atoms. The molecule has 0 aliphatic heterocycles. The van der Waals surface area contributed by atoms with Gasteiger partial charge in [0.2, 0.25) is 5.95 Å². The lowest BCUT2D eigenvalue weighted by Gasteiger charge is -2.03. The number of aromatic nitrogens is 4. The minimum Gasteiger partial charge on any atom is -0.303 e. The zero-order valence-electron chi connectivity index (χ0n) is 8.05. The number of thiol groups is 1. The summed E-state index contributed by atoms with van der Waals surface area (Å²) in [5.41, 5.74) is 0.650. The Morgan fingerprint density at radius 1 is 1.47 bits per heavy atom. The molecule has 78 valence electrons. The van der Waals surface area contributed by atoms with E-state index in [2.05, 4.69) is 27.8 Å². The smallest absolute Gasteiger partial charge is 0.213 e. The van der Waals surface area contributed by atoms with Crippen molar-refractivity contribution in [3.05, 3.63) is 24.3 Å². The molecule has 2 heterocycles. The molecular formula is C9H9FN4S. The van der Waals surface area contributed by atoms with Crippen LogP contribution in [0, 0.1) is 5.95 Å². The third kappa shape index (κ3) is 1.85. The van der Waals surface area contributed by atoms with E-state index in [4.69, 9.17) is 0 Å². The first-order chi connectivity index (χ1) is 7.22. The third-order valence-corrected chi connectivity index (χ3v) is 2.36. The lowest BCUT2D eigenvalue weighted by molar-refractivity contribution is 0.583. The number of halogens is 1. The van der Waals surface area contributed by atoms with Gasteiger partial charge in [-0.05, 0) is 13.0 Å². The summed E-state index contributed by atoms with van der Waals surface area (Å²) < 4.78 is 14.7. The molecule has 2 aromatic rings. The van der Waals surface area contributed by atoms with Gasteiger partial charge in [0.05, 0.1) is 0 Å². The molecule has 0 aliphatic carbocycles. The van der Waals surface area contributed by atoms with Crippen LogP contribution < -0.4 is 0 Å². The Morgan fingerprint density at radius 3 is 2.93 bits per heavy atom. The zero-order valence-corrected chi connectivity index (χ0v) is 8.95. The number of hydrogen-bond acceptors (Lipinski definition) is 4. The Kier molecular flexibility index (Phi) is 2.68. The van der Waals surface area contributed by atoms with Gasteiger partial charge in [0.25, 0.3) is 0 Å². The maximum atomic E-state index is 12.9. The topological polar surface area (TPSA) is 43.6 Å². The monoisotopic (exact) mass is 224 g/mol. The van der Waals surface area contributed by atoms with Gasteiger partial charge in [-0.15, -0.1) is 22.8 Å². The van der Waals surface area contributed by atoms with Crippen LogP contribution in [0.3, 0.4) is 0 Å². The number of hydrogen-bond donors (Lipinski definition) is 1. The second-order valence-electron chi connectivity index (χ2n) is 2.94. The van der Waals surface area contributed by atoms with Crippen LogP contribution in [0.2, 0.25) is 0 Å². The van der Waals surface area contributed by atoms with E-state index < -0.39 is 5.95 Å². The maximum Gasteiger partial charge on any atom is 0.213 e. The fourth-order valence-electron chi connectivity index (χ4n) is 1.34. The van der Waals surface area contributed by atoms with Crippen molar-refractivity contribution >= 4 is 12.6 Å². The quantitative estimate of drug-likeness (QED) is 0.624. The van der Waals surface area contributed by atoms with E-state index in [1.165, 1.54) is 12.3 Å². The molecule has 0 fully saturated rings. The summed E-state index contributed by atoms with van der Waals surface area (Å²) in [6, 6.07) is 3.01. The first-order valence-electron chi connectivity index (χ1n) is 4.46. The molecule has 0 unspecified atom stereocenters. The van der Waals surface area contributed by atoms with Gasteiger partial charge in [-0.25, -0.2) is 4.98 Å². The van der Waals surface area contributed by atoms with Crippen LogP contribution in [-0.4, -0.2) is 19.7 Å². The fourth-order valence-corrected chi connectivity index (χ4v) is 1.62. The zero-order chi connectivity index (χ0) is 10.8. The molecule has 0 amide bonds. The second kappa shape index (κ2) is 3.98. The maximum absolute atomic E-state index is 12.9.